The molecule has 0 aliphatic rings. The van der Waals surface area contributed by atoms with E-state index in [1.165, 1.54) is 0 Å². The molecule has 0 radical (unpaired) electrons. The van der Waals surface area contributed by atoms with Crippen LogP contribution in [0, 0.1) is 0 Å². The standard InChI is InChI=1S/C13H14BrN3O2/c1-18-8-12-16-11(15)6-13(17-12)19-7-9-2-4-10(14)5-3-9/h2-6H,7-8H2,1H3,(H2,15,16,17). The van der Waals surface area contributed by atoms with Crippen molar-refractivity contribution in [2.24, 2.45) is 0 Å². The summed E-state index contributed by atoms with van der Waals surface area (Å²) < 4.78 is 11.6. The molecule has 2 rings (SSSR count). The fourth-order valence-electron chi connectivity index (χ4n) is 1.50. The Kier molecular flexibility index (Phi) is 4.70. The van der Waals surface area contributed by atoms with Crippen molar-refractivity contribution in [3.8, 4) is 5.88 Å². The molecule has 6 heteroatoms. The Morgan fingerprint density at radius 1 is 1.16 bits per heavy atom. The Labute approximate surface area is 119 Å². The van der Waals surface area contributed by atoms with Crippen molar-refractivity contribution in [1.29, 1.82) is 0 Å². The average molecular weight is 324 g/mol. The number of nitrogens with two attached hydrogens (primary N) is 1. The second kappa shape index (κ2) is 6.49. The first-order valence-electron chi connectivity index (χ1n) is 5.67. The third-order valence-electron chi connectivity index (χ3n) is 2.34. The van der Waals surface area contributed by atoms with Crippen LogP contribution in [0.5, 0.6) is 5.88 Å². The Morgan fingerprint density at radius 2 is 1.89 bits per heavy atom. The quantitative estimate of drug-likeness (QED) is 0.915. The zero-order chi connectivity index (χ0) is 13.7. The molecule has 0 unspecified atom stereocenters. The number of benzene rings is 1. The summed E-state index contributed by atoms with van der Waals surface area (Å²) in [5.74, 6) is 1.32. The van der Waals surface area contributed by atoms with Gasteiger partial charge in [-0.3, -0.25) is 0 Å². The van der Waals surface area contributed by atoms with Crippen LogP contribution in [0.1, 0.15) is 11.4 Å². The molecule has 0 fully saturated rings. The van der Waals surface area contributed by atoms with Gasteiger partial charge in [-0.2, -0.15) is 4.98 Å². The lowest BCUT2D eigenvalue weighted by atomic mass is 10.2. The van der Waals surface area contributed by atoms with Crippen LogP contribution in [0.2, 0.25) is 0 Å². The first-order chi connectivity index (χ1) is 9.17. The molecule has 5 nitrogen and oxygen atoms in total. The monoisotopic (exact) mass is 323 g/mol. The number of nitrogens with zero attached hydrogens (tertiary/aromatic N) is 2. The average Bonchev–Trinajstić information content (AvgIpc) is 2.38. The van der Waals surface area contributed by atoms with E-state index in [1.807, 2.05) is 24.3 Å². The maximum absolute atomic E-state index is 5.69. The van der Waals surface area contributed by atoms with Gasteiger partial charge in [0.05, 0.1) is 0 Å². The van der Waals surface area contributed by atoms with Gasteiger partial charge in [-0.15, -0.1) is 0 Å². The number of aromatic nitrogens is 2. The molecule has 0 saturated carbocycles. The predicted molar refractivity (Wildman–Crippen MR) is 75.6 cm³/mol. The van der Waals surface area contributed by atoms with Crippen molar-refractivity contribution in [3.63, 3.8) is 0 Å². The van der Waals surface area contributed by atoms with Gasteiger partial charge in [-0.1, -0.05) is 28.1 Å². The lowest BCUT2D eigenvalue weighted by molar-refractivity contribution is 0.176. The third kappa shape index (κ3) is 4.18. The van der Waals surface area contributed by atoms with E-state index >= 15 is 0 Å². The largest absolute Gasteiger partial charge is 0.473 e. The van der Waals surface area contributed by atoms with Crippen LogP contribution in [-0.2, 0) is 18.0 Å². The van der Waals surface area contributed by atoms with Crippen LogP contribution in [-0.4, -0.2) is 17.1 Å². The van der Waals surface area contributed by atoms with Gasteiger partial charge in [0.15, 0.2) is 5.82 Å². The molecule has 1 aromatic heterocycles. The number of rotatable bonds is 5. The summed E-state index contributed by atoms with van der Waals surface area (Å²) in [5.41, 5.74) is 6.74. The van der Waals surface area contributed by atoms with E-state index in [-0.39, 0.29) is 0 Å². The van der Waals surface area contributed by atoms with E-state index in [0.717, 1.165) is 10.0 Å². The van der Waals surface area contributed by atoms with E-state index in [1.54, 1.807) is 13.2 Å². The van der Waals surface area contributed by atoms with Crippen molar-refractivity contribution >= 4 is 21.7 Å². The highest BCUT2D eigenvalue weighted by atomic mass is 79.9. The summed E-state index contributed by atoms with van der Waals surface area (Å²) in [6, 6.07) is 9.47. The summed E-state index contributed by atoms with van der Waals surface area (Å²) in [4.78, 5) is 8.25. The Morgan fingerprint density at radius 3 is 2.58 bits per heavy atom. The van der Waals surface area contributed by atoms with Gasteiger partial charge >= 0.3 is 0 Å². The molecule has 0 aliphatic carbocycles. The lowest BCUT2D eigenvalue weighted by Crippen LogP contribution is -2.04. The number of anilines is 1. The second-order valence-corrected chi connectivity index (χ2v) is 4.81. The summed E-state index contributed by atoms with van der Waals surface area (Å²) >= 11 is 3.39. The highest BCUT2D eigenvalue weighted by Crippen LogP contribution is 2.15. The molecule has 0 aliphatic heterocycles. The first kappa shape index (κ1) is 13.8. The number of methoxy groups -OCH3 is 1. The van der Waals surface area contributed by atoms with Crippen LogP contribution < -0.4 is 10.5 Å². The fraction of sp³-hybridized carbons (Fsp3) is 0.231. The Bertz CT molecular complexity index is 546. The molecule has 2 aromatic rings. The molecule has 19 heavy (non-hydrogen) atoms. The summed E-state index contributed by atoms with van der Waals surface area (Å²) in [5, 5.41) is 0. The van der Waals surface area contributed by atoms with Gasteiger partial charge in [-0.05, 0) is 17.7 Å². The smallest absolute Gasteiger partial charge is 0.219 e. The van der Waals surface area contributed by atoms with Gasteiger partial charge in [0.2, 0.25) is 5.88 Å². The number of hydrogen-bond donors (Lipinski definition) is 1. The van der Waals surface area contributed by atoms with Crippen LogP contribution in [0.4, 0.5) is 5.82 Å². The second-order valence-electron chi connectivity index (χ2n) is 3.90. The van der Waals surface area contributed by atoms with Gasteiger partial charge in [0.25, 0.3) is 0 Å². The number of halogens is 1. The Hall–Kier alpha value is -1.66. The normalized spacial score (nSPS) is 10.4. The number of nitrogen functional groups attached to an aromatic ring is 1. The maximum atomic E-state index is 5.69. The number of ether oxygens (including phenoxy) is 2. The van der Waals surface area contributed by atoms with Gasteiger partial charge in [0, 0.05) is 17.6 Å². The lowest BCUT2D eigenvalue weighted by Gasteiger charge is -2.07. The zero-order valence-electron chi connectivity index (χ0n) is 10.5. The molecule has 0 bridgehead atoms. The Balaban J connectivity index is 2.04. The highest BCUT2D eigenvalue weighted by Gasteiger charge is 2.04. The maximum Gasteiger partial charge on any atom is 0.219 e. The molecule has 0 saturated heterocycles. The van der Waals surface area contributed by atoms with Crippen molar-refractivity contribution in [1.82, 2.24) is 9.97 Å². The van der Waals surface area contributed by atoms with Crippen LogP contribution in [0.25, 0.3) is 0 Å². The molecule has 0 amide bonds. The molecule has 0 spiro atoms. The van der Waals surface area contributed by atoms with Gasteiger partial charge in [-0.25, -0.2) is 4.98 Å². The molecule has 1 aromatic carbocycles. The van der Waals surface area contributed by atoms with E-state index in [4.69, 9.17) is 15.2 Å². The summed E-state index contributed by atoms with van der Waals surface area (Å²) in [6.45, 7) is 0.732. The van der Waals surface area contributed by atoms with Crippen LogP contribution in [0.3, 0.4) is 0 Å². The molecular weight excluding hydrogens is 310 g/mol. The van der Waals surface area contributed by atoms with E-state index < -0.39 is 0 Å². The van der Waals surface area contributed by atoms with E-state index in [9.17, 15) is 0 Å². The molecular formula is C13H14BrN3O2. The van der Waals surface area contributed by atoms with E-state index in [2.05, 4.69) is 25.9 Å². The van der Waals surface area contributed by atoms with Crippen molar-refractivity contribution < 1.29 is 9.47 Å². The minimum absolute atomic E-state index is 0.305. The van der Waals surface area contributed by atoms with E-state index in [0.29, 0.717) is 30.7 Å². The third-order valence-corrected chi connectivity index (χ3v) is 2.87. The minimum Gasteiger partial charge on any atom is -0.473 e. The van der Waals surface area contributed by atoms with Gasteiger partial charge in [0.1, 0.15) is 19.0 Å². The van der Waals surface area contributed by atoms with Crippen molar-refractivity contribution in [2.45, 2.75) is 13.2 Å². The molecule has 100 valence electrons. The van der Waals surface area contributed by atoms with Gasteiger partial charge < -0.3 is 15.2 Å². The minimum atomic E-state index is 0.305. The predicted octanol–water partition coefficient (Wildman–Crippen LogP) is 2.55. The highest BCUT2D eigenvalue weighted by molar-refractivity contribution is 9.10. The van der Waals surface area contributed by atoms with Crippen molar-refractivity contribution in [3.05, 3.63) is 46.2 Å². The molecule has 0 atom stereocenters. The zero-order valence-corrected chi connectivity index (χ0v) is 12.1. The summed E-state index contributed by atoms with van der Waals surface area (Å²) in [7, 11) is 1.58. The van der Waals surface area contributed by atoms with Crippen molar-refractivity contribution in [2.75, 3.05) is 12.8 Å². The summed E-state index contributed by atoms with van der Waals surface area (Å²) in [6.07, 6.45) is 0. The van der Waals surface area contributed by atoms with Crippen LogP contribution in [0.15, 0.2) is 34.8 Å². The topological polar surface area (TPSA) is 70.3 Å². The number of hydrogen-bond acceptors (Lipinski definition) is 5. The van der Waals surface area contributed by atoms with Crippen LogP contribution >= 0.6 is 15.9 Å². The SMILES string of the molecule is COCc1nc(N)cc(OCc2ccc(Br)cc2)n1. The molecule has 1 heterocycles. The fourth-order valence-corrected chi connectivity index (χ4v) is 1.76. The molecule has 2 N–H and O–H groups in total. The first-order valence-corrected chi connectivity index (χ1v) is 6.46.